The molecular weight excluding hydrogens is 226 g/mol. The molecule has 0 spiro atoms. The van der Waals surface area contributed by atoms with Crippen LogP contribution in [-0.2, 0) is 11.4 Å². The predicted octanol–water partition coefficient (Wildman–Crippen LogP) is 3.25. The molecule has 92 valence electrons. The summed E-state index contributed by atoms with van der Waals surface area (Å²) in [6.07, 6.45) is 1.68. The summed E-state index contributed by atoms with van der Waals surface area (Å²) in [4.78, 5) is 5.22. The SMILES string of the molecule is COc1ccc(/C=N\OCc2ccccc2)cc1. The van der Waals surface area contributed by atoms with Crippen LogP contribution < -0.4 is 4.74 Å². The molecule has 0 saturated heterocycles. The third kappa shape index (κ3) is 3.63. The number of rotatable bonds is 5. The third-order valence-corrected chi connectivity index (χ3v) is 2.47. The first-order valence-electron chi connectivity index (χ1n) is 5.72. The summed E-state index contributed by atoms with van der Waals surface area (Å²) >= 11 is 0. The fourth-order valence-corrected chi connectivity index (χ4v) is 1.47. The van der Waals surface area contributed by atoms with Crippen molar-refractivity contribution in [3.05, 3.63) is 65.7 Å². The Morgan fingerprint density at radius 3 is 2.39 bits per heavy atom. The highest BCUT2D eigenvalue weighted by Crippen LogP contribution is 2.09. The van der Waals surface area contributed by atoms with E-state index in [9.17, 15) is 0 Å². The first-order valence-corrected chi connectivity index (χ1v) is 5.72. The van der Waals surface area contributed by atoms with Crippen molar-refractivity contribution in [2.24, 2.45) is 5.16 Å². The van der Waals surface area contributed by atoms with Crippen LogP contribution in [0, 0.1) is 0 Å². The Kier molecular flexibility index (Phi) is 4.36. The Labute approximate surface area is 107 Å². The zero-order chi connectivity index (χ0) is 12.6. The lowest BCUT2D eigenvalue weighted by Gasteiger charge is -2.00. The van der Waals surface area contributed by atoms with Gasteiger partial charge in [0.05, 0.1) is 13.3 Å². The van der Waals surface area contributed by atoms with Crippen molar-refractivity contribution in [3.63, 3.8) is 0 Å². The third-order valence-electron chi connectivity index (χ3n) is 2.47. The summed E-state index contributed by atoms with van der Waals surface area (Å²) < 4.78 is 5.08. The molecule has 0 N–H and O–H groups in total. The molecule has 18 heavy (non-hydrogen) atoms. The van der Waals surface area contributed by atoms with Crippen molar-refractivity contribution in [2.75, 3.05) is 7.11 Å². The molecule has 2 rings (SSSR count). The Morgan fingerprint density at radius 2 is 1.72 bits per heavy atom. The Bertz CT molecular complexity index is 492. The van der Waals surface area contributed by atoms with Gasteiger partial charge in [0.2, 0.25) is 0 Å². The van der Waals surface area contributed by atoms with E-state index in [1.165, 1.54) is 0 Å². The van der Waals surface area contributed by atoms with Crippen LogP contribution in [0.4, 0.5) is 0 Å². The highest BCUT2D eigenvalue weighted by molar-refractivity contribution is 5.79. The van der Waals surface area contributed by atoms with E-state index in [4.69, 9.17) is 9.57 Å². The molecule has 0 atom stereocenters. The van der Waals surface area contributed by atoms with E-state index in [0.29, 0.717) is 6.61 Å². The van der Waals surface area contributed by atoms with E-state index in [1.807, 2.05) is 54.6 Å². The lowest BCUT2D eigenvalue weighted by molar-refractivity contribution is 0.132. The van der Waals surface area contributed by atoms with Gasteiger partial charge >= 0.3 is 0 Å². The second-order valence-electron chi connectivity index (χ2n) is 3.77. The van der Waals surface area contributed by atoms with E-state index in [2.05, 4.69) is 5.16 Å². The lowest BCUT2D eigenvalue weighted by Crippen LogP contribution is -1.88. The number of hydrogen-bond acceptors (Lipinski definition) is 3. The standard InChI is InChI=1S/C15H15NO2/c1-17-15-9-7-13(8-10-15)11-16-18-12-14-5-3-2-4-6-14/h2-11H,12H2,1H3/b16-11-. The maximum absolute atomic E-state index is 5.22. The first-order chi connectivity index (χ1) is 8.88. The first kappa shape index (κ1) is 12.2. The molecule has 0 heterocycles. The van der Waals surface area contributed by atoms with Crippen molar-refractivity contribution in [3.8, 4) is 5.75 Å². The maximum atomic E-state index is 5.22. The average Bonchev–Trinajstić information content (AvgIpc) is 2.45. The summed E-state index contributed by atoms with van der Waals surface area (Å²) in [5.74, 6) is 0.831. The van der Waals surface area contributed by atoms with Crippen molar-refractivity contribution in [2.45, 2.75) is 6.61 Å². The number of ether oxygens (including phenoxy) is 1. The highest BCUT2D eigenvalue weighted by atomic mass is 16.6. The molecule has 0 radical (unpaired) electrons. The van der Waals surface area contributed by atoms with Crippen LogP contribution in [-0.4, -0.2) is 13.3 Å². The molecule has 0 fully saturated rings. The fraction of sp³-hybridized carbons (Fsp3) is 0.133. The van der Waals surface area contributed by atoms with Gasteiger partial charge in [0, 0.05) is 0 Å². The number of hydrogen-bond donors (Lipinski definition) is 0. The van der Waals surface area contributed by atoms with Crippen molar-refractivity contribution >= 4 is 6.21 Å². The average molecular weight is 241 g/mol. The normalized spacial score (nSPS) is 10.5. The monoisotopic (exact) mass is 241 g/mol. The molecule has 0 aliphatic heterocycles. The van der Waals surface area contributed by atoms with Gasteiger partial charge in [0.15, 0.2) is 0 Å². The number of methoxy groups -OCH3 is 1. The minimum absolute atomic E-state index is 0.480. The topological polar surface area (TPSA) is 30.8 Å². The van der Waals surface area contributed by atoms with Gasteiger partial charge in [-0.25, -0.2) is 0 Å². The fourth-order valence-electron chi connectivity index (χ4n) is 1.47. The van der Waals surface area contributed by atoms with Gasteiger partial charge in [-0.15, -0.1) is 0 Å². The van der Waals surface area contributed by atoms with Crippen molar-refractivity contribution in [1.29, 1.82) is 0 Å². The number of oxime groups is 1. The molecule has 0 bridgehead atoms. The molecule has 0 saturated carbocycles. The summed E-state index contributed by atoms with van der Waals surface area (Å²) in [7, 11) is 1.64. The zero-order valence-corrected chi connectivity index (χ0v) is 10.2. The smallest absolute Gasteiger partial charge is 0.142 e. The van der Waals surface area contributed by atoms with Gasteiger partial charge in [-0.05, 0) is 35.4 Å². The van der Waals surface area contributed by atoms with Crippen molar-refractivity contribution in [1.82, 2.24) is 0 Å². The van der Waals surface area contributed by atoms with Gasteiger partial charge in [-0.1, -0.05) is 35.5 Å². The van der Waals surface area contributed by atoms with Gasteiger partial charge in [-0.3, -0.25) is 0 Å². The Balaban J connectivity index is 1.84. The minimum Gasteiger partial charge on any atom is -0.497 e. The molecule has 0 unspecified atom stereocenters. The predicted molar refractivity (Wildman–Crippen MR) is 71.8 cm³/mol. The van der Waals surface area contributed by atoms with Crippen molar-refractivity contribution < 1.29 is 9.57 Å². The van der Waals surface area contributed by atoms with Gasteiger partial charge in [0.25, 0.3) is 0 Å². The van der Waals surface area contributed by atoms with Crippen LogP contribution in [0.2, 0.25) is 0 Å². The summed E-state index contributed by atoms with van der Waals surface area (Å²) in [6.45, 7) is 0.480. The lowest BCUT2D eigenvalue weighted by atomic mass is 10.2. The summed E-state index contributed by atoms with van der Waals surface area (Å²) in [5.41, 5.74) is 2.08. The highest BCUT2D eigenvalue weighted by Gasteiger charge is 1.92. The molecule has 0 amide bonds. The minimum atomic E-state index is 0.480. The Morgan fingerprint density at radius 1 is 1.00 bits per heavy atom. The van der Waals surface area contributed by atoms with E-state index < -0.39 is 0 Å². The van der Waals surface area contributed by atoms with E-state index in [0.717, 1.165) is 16.9 Å². The van der Waals surface area contributed by atoms with Gasteiger partial charge in [-0.2, -0.15) is 0 Å². The van der Waals surface area contributed by atoms with Crippen LogP contribution in [0.15, 0.2) is 59.8 Å². The summed E-state index contributed by atoms with van der Waals surface area (Å²) in [6, 6.07) is 17.6. The molecular formula is C15H15NO2. The molecule has 0 aromatic heterocycles. The molecule has 0 aliphatic rings. The van der Waals surface area contributed by atoms with Gasteiger partial charge < -0.3 is 9.57 Å². The molecule has 3 nitrogen and oxygen atoms in total. The quantitative estimate of drug-likeness (QED) is 0.594. The van der Waals surface area contributed by atoms with Crippen LogP contribution >= 0.6 is 0 Å². The Hall–Kier alpha value is -2.29. The molecule has 2 aromatic carbocycles. The van der Waals surface area contributed by atoms with E-state index in [-0.39, 0.29) is 0 Å². The molecule has 3 heteroatoms. The zero-order valence-electron chi connectivity index (χ0n) is 10.2. The van der Waals surface area contributed by atoms with E-state index in [1.54, 1.807) is 13.3 Å². The van der Waals surface area contributed by atoms with Crippen LogP contribution in [0.25, 0.3) is 0 Å². The second-order valence-corrected chi connectivity index (χ2v) is 3.77. The van der Waals surface area contributed by atoms with Crippen LogP contribution in [0.3, 0.4) is 0 Å². The molecule has 0 aliphatic carbocycles. The van der Waals surface area contributed by atoms with Crippen LogP contribution in [0.1, 0.15) is 11.1 Å². The van der Waals surface area contributed by atoms with Gasteiger partial charge in [0.1, 0.15) is 12.4 Å². The number of benzene rings is 2. The summed E-state index contributed by atoms with van der Waals surface area (Å²) in [5, 5.41) is 3.93. The second kappa shape index (κ2) is 6.45. The van der Waals surface area contributed by atoms with E-state index >= 15 is 0 Å². The van der Waals surface area contributed by atoms with Crippen LogP contribution in [0.5, 0.6) is 5.75 Å². The molecule has 2 aromatic rings. The maximum Gasteiger partial charge on any atom is 0.142 e. The largest absolute Gasteiger partial charge is 0.497 e. The number of nitrogens with zero attached hydrogens (tertiary/aromatic N) is 1.